The molecule has 1 aromatic heterocycles. The maximum absolute atomic E-state index is 11.7. The maximum Gasteiger partial charge on any atom is 0.141 e. The van der Waals surface area contributed by atoms with E-state index in [4.69, 9.17) is 4.74 Å². The van der Waals surface area contributed by atoms with E-state index in [1.807, 2.05) is 4.68 Å². The van der Waals surface area contributed by atoms with Crippen molar-refractivity contribution in [2.45, 2.75) is 33.2 Å². The van der Waals surface area contributed by atoms with Gasteiger partial charge in [0, 0.05) is 25.3 Å². The molecule has 0 aromatic carbocycles. The third kappa shape index (κ3) is 3.12. The van der Waals surface area contributed by atoms with E-state index in [1.54, 1.807) is 6.33 Å². The van der Waals surface area contributed by atoms with Crippen LogP contribution in [0.3, 0.4) is 0 Å². The van der Waals surface area contributed by atoms with Crippen molar-refractivity contribution in [1.82, 2.24) is 14.8 Å². The van der Waals surface area contributed by atoms with Crippen molar-refractivity contribution >= 4 is 5.78 Å². The zero-order valence-corrected chi connectivity index (χ0v) is 10.4. The van der Waals surface area contributed by atoms with E-state index >= 15 is 0 Å². The molecular formula is C12H19N3O2. The predicted molar refractivity (Wildman–Crippen MR) is 62.5 cm³/mol. The monoisotopic (exact) mass is 237 g/mol. The average Bonchev–Trinajstić information content (AvgIpc) is 2.68. The van der Waals surface area contributed by atoms with Crippen LogP contribution < -0.4 is 0 Å². The molecule has 1 aliphatic rings. The molecule has 1 saturated heterocycles. The molecule has 0 N–H and O–H groups in total. The van der Waals surface area contributed by atoms with Crippen LogP contribution >= 0.6 is 0 Å². The first kappa shape index (κ1) is 12.2. The Morgan fingerprint density at radius 2 is 2.41 bits per heavy atom. The molecule has 5 nitrogen and oxygen atoms in total. The number of carbonyl (C=O) groups excluding carboxylic acids is 1. The quantitative estimate of drug-likeness (QED) is 0.786. The first-order valence-electron chi connectivity index (χ1n) is 6.14. The Balaban J connectivity index is 2.02. The number of Topliss-reactive ketones (excluding diaryl/α,β-unsaturated/α-hetero) is 1. The van der Waals surface area contributed by atoms with Crippen LogP contribution in [0.25, 0.3) is 0 Å². The Labute approximate surface area is 101 Å². The maximum atomic E-state index is 11.7. The number of hydrogen-bond acceptors (Lipinski definition) is 4. The first-order valence-corrected chi connectivity index (χ1v) is 6.14. The SMILES string of the molecule is CC(C)Cn1ncnc1CC1COCCC1=O. The third-order valence-corrected chi connectivity index (χ3v) is 2.93. The smallest absolute Gasteiger partial charge is 0.141 e. The Morgan fingerprint density at radius 3 is 3.12 bits per heavy atom. The Morgan fingerprint density at radius 1 is 1.59 bits per heavy atom. The lowest BCUT2D eigenvalue weighted by molar-refractivity contribution is -0.130. The van der Waals surface area contributed by atoms with Gasteiger partial charge in [-0.15, -0.1) is 0 Å². The van der Waals surface area contributed by atoms with Gasteiger partial charge in [-0.3, -0.25) is 4.79 Å². The minimum atomic E-state index is -0.0427. The van der Waals surface area contributed by atoms with Gasteiger partial charge in [0.25, 0.3) is 0 Å². The van der Waals surface area contributed by atoms with Crippen molar-refractivity contribution in [3.8, 4) is 0 Å². The first-order chi connectivity index (χ1) is 8.16. The summed E-state index contributed by atoms with van der Waals surface area (Å²) in [6.07, 6.45) is 2.74. The largest absolute Gasteiger partial charge is 0.380 e. The van der Waals surface area contributed by atoms with E-state index in [0.717, 1.165) is 12.4 Å². The summed E-state index contributed by atoms with van der Waals surface area (Å²) < 4.78 is 7.24. The Hall–Kier alpha value is -1.23. The van der Waals surface area contributed by atoms with Gasteiger partial charge in [0.1, 0.15) is 17.9 Å². The van der Waals surface area contributed by atoms with Crippen LogP contribution in [0.2, 0.25) is 0 Å². The highest BCUT2D eigenvalue weighted by atomic mass is 16.5. The Kier molecular flexibility index (Phi) is 3.89. The number of rotatable bonds is 4. The molecule has 2 rings (SSSR count). The fourth-order valence-corrected chi connectivity index (χ4v) is 2.03. The summed E-state index contributed by atoms with van der Waals surface area (Å²) in [6.45, 7) is 6.21. The van der Waals surface area contributed by atoms with Crippen molar-refractivity contribution in [3.63, 3.8) is 0 Å². The summed E-state index contributed by atoms with van der Waals surface area (Å²) in [5.41, 5.74) is 0. The minimum absolute atomic E-state index is 0.0427. The molecule has 0 aliphatic carbocycles. The van der Waals surface area contributed by atoms with Crippen LogP contribution in [-0.4, -0.2) is 33.8 Å². The van der Waals surface area contributed by atoms with Gasteiger partial charge in [0.15, 0.2) is 0 Å². The van der Waals surface area contributed by atoms with Crippen molar-refractivity contribution in [1.29, 1.82) is 0 Å². The molecule has 17 heavy (non-hydrogen) atoms. The number of aromatic nitrogens is 3. The summed E-state index contributed by atoms with van der Waals surface area (Å²) in [5, 5.41) is 4.20. The van der Waals surface area contributed by atoms with Gasteiger partial charge >= 0.3 is 0 Å². The molecule has 2 heterocycles. The van der Waals surface area contributed by atoms with Crippen LogP contribution in [-0.2, 0) is 22.5 Å². The van der Waals surface area contributed by atoms with Crippen LogP contribution in [0.4, 0.5) is 0 Å². The zero-order chi connectivity index (χ0) is 12.3. The van der Waals surface area contributed by atoms with Gasteiger partial charge in [0.2, 0.25) is 0 Å². The van der Waals surface area contributed by atoms with Crippen LogP contribution in [0.15, 0.2) is 6.33 Å². The topological polar surface area (TPSA) is 57.0 Å². The molecule has 1 aliphatic heterocycles. The van der Waals surface area contributed by atoms with E-state index in [1.165, 1.54) is 0 Å². The fraction of sp³-hybridized carbons (Fsp3) is 0.750. The molecule has 1 unspecified atom stereocenters. The summed E-state index contributed by atoms with van der Waals surface area (Å²) >= 11 is 0. The van der Waals surface area contributed by atoms with E-state index in [9.17, 15) is 4.79 Å². The molecular weight excluding hydrogens is 218 g/mol. The lowest BCUT2D eigenvalue weighted by atomic mass is 9.96. The van der Waals surface area contributed by atoms with E-state index in [2.05, 4.69) is 23.9 Å². The molecule has 0 radical (unpaired) electrons. The van der Waals surface area contributed by atoms with Crippen LogP contribution in [0, 0.1) is 11.8 Å². The van der Waals surface area contributed by atoms with Gasteiger partial charge in [0.05, 0.1) is 13.2 Å². The predicted octanol–water partition coefficient (Wildman–Crippen LogP) is 1.08. The Bertz CT molecular complexity index is 387. The standard InChI is InChI=1S/C12H19N3O2/c1-9(2)6-15-12(13-8-14-15)5-10-7-17-4-3-11(10)16/h8-10H,3-7H2,1-2H3. The van der Waals surface area contributed by atoms with Crippen molar-refractivity contribution in [2.24, 2.45) is 11.8 Å². The summed E-state index contributed by atoms with van der Waals surface area (Å²) in [6, 6.07) is 0. The van der Waals surface area contributed by atoms with Gasteiger partial charge < -0.3 is 4.74 Å². The molecule has 1 atom stereocenters. The summed E-state index contributed by atoms with van der Waals surface area (Å²) in [5.74, 6) is 1.66. The lowest BCUT2D eigenvalue weighted by Crippen LogP contribution is -2.30. The number of nitrogens with zero attached hydrogens (tertiary/aromatic N) is 3. The van der Waals surface area contributed by atoms with E-state index in [-0.39, 0.29) is 11.7 Å². The number of carbonyl (C=O) groups is 1. The second-order valence-electron chi connectivity index (χ2n) is 4.94. The van der Waals surface area contributed by atoms with Gasteiger partial charge in [-0.05, 0) is 5.92 Å². The van der Waals surface area contributed by atoms with E-state index < -0.39 is 0 Å². The zero-order valence-electron chi connectivity index (χ0n) is 10.4. The van der Waals surface area contributed by atoms with Gasteiger partial charge in [-0.2, -0.15) is 5.10 Å². The number of ether oxygens (including phenoxy) is 1. The fourth-order valence-electron chi connectivity index (χ4n) is 2.03. The number of hydrogen-bond donors (Lipinski definition) is 0. The van der Waals surface area contributed by atoms with Crippen molar-refractivity contribution < 1.29 is 9.53 Å². The second-order valence-corrected chi connectivity index (χ2v) is 4.94. The lowest BCUT2D eigenvalue weighted by Gasteiger charge is -2.20. The molecule has 1 fully saturated rings. The highest BCUT2D eigenvalue weighted by Crippen LogP contribution is 2.15. The molecule has 0 saturated carbocycles. The van der Waals surface area contributed by atoms with E-state index in [0.29, 0.717) is 32.0 Å². The second kappa shape index (κ2) is 5.40. The molecule has 1 aromatic rings. The summed E-state index contributed by atoms with van der Waals surface area (Å²) in [7, 11) is 0. The highest BCUT2D eigenvalue weighted by Gasteiger charge is 2.25. The third-order valence-electron chi connectivity index (χ3n) is 2.93. The molecule has 0 bridgehead atoms. The van der Waals surface area contributed by atoms with Crippen molar-refractivity contribution in [2.75, 3.05) is 13.2 Å². The summed E-state index contributed by atoms with van der Waals surface area (Å²) in [4.78, 5) is 16.0. The average molecular weight is 237 g/mol. The molecule has 94 valence electrons. The molecule has 0 spiro atoms. The number of ketones is 1. The molecule has 0 amide bonds. The van der Waals surface area contributed by atoms with Gasteiger partial charge in [-0.1, -0.05) is 13.8 Å². The van der Waals surface area contributed by atoms with Gasteiger partial charge in [-0.25, -0.2) is 9.67 Å². The normalized spacial score (nSPS) is 21.1. The van der Waals surface area contributed by atoms with Crippen LogP contribution in [0.5, 0.6) is 0 Å². The highest BCUT2D eigenvalue weighted by molar-refractivity contribution is 5.81. The minimum Gasteiger partial charge on any atom is -0.380 e. The molecule has 5 heteroatoms. The van der Waals surface area contributed by atoms with Crippen LogP contribution in [0.1, 0.15) is 26.1 Å². The van der Waals surface area contributed by atoms with Crippen molar-refractivity contribution in [3.05, 3.63) is 12.2 Å².